The molecule has 0 aromatic heterocycles. The topological polar surface area (TPSA) is 0 Å². The van der Waals surface area contributed by atoms with Crippen molar-refractivity contribution in [1.29, 1.82) is 0 Å². The summed E-state index contributed by atoms with van der Waals surface area (Å²) in [7, 11) is 0. The van der Waals surface area contributed by atoms with Crippen LogP contribution in [0.1, 0.15) is 0 Å². The minimum Gasteiger partial charge on any atom is -0.206 e. The minimum atomic E-state index is -0.137. The SMILES string of the molecule is C=[CH][Mg][c]1ccccc1. The van der Waals surface area contributed by atoms with Gasteiger partial charge in [-0.15, -0.1) is 6.58 Å². The molecular formula is C8H8Mg. The van der Waals surface area contributed by atoms with Crippen molar-refractivity contribution in [2.45, 2.75) is 0 Å². The third-order valence-corrected chi connectivity index (χ3v) is 2.45. The molecule has 42 valence electrons. The molecule has 0 saturated heterocycles. The highest BCUT2D eigenvalue weighted by Crippen LogP contribution is 1.80. The average molecular weight is 128 g/mol. The highest BCUT2D eigenvalue weighted by molar-refractivity contribution is 6.58. The number of rotatable bonds is 2. The summed E-state index contributed by atoms with van der Waals surface area (Å²) in [6, 6.07) is 10.5. The Hall–Kier alpha value is -0.274. The second-order valence-electron chi connectivity index (χ2n) is 1.98. The van der Waals surface area contributed by atoms with E-state index in [1.54, 1.807) is 0 Å². The van der Waals surface area contributed by atoms with E-state index in [0.717, 1.165) is 0 Å². The Labute approximate surface area is 65.3 Å². The summed E-state index contributed by atoms with van der Waals surface area (Å²) in [5, 5.41) is 0. The number of benzene rings is 1. The van der Waals surface area contributed by atoms with E-state index in [4.69, 9.17) is 0 Å². The van der Waals surface area contributed by atoms with Crippen molar-refractivity contribution < 1.29 is 0 Å². The normalized spacial score (nSPS) is 8.00. The quantitative estimate of drug-likeness (QED) is 0.525. The maximum Gasteiger partial charge on any atom is 0.438 e. The van der Waals surface area contributed by atoms with Crippen LogP contribution in [0.3, 0.4) is 0 Å². The lowest BCUT2D eigenvalue weighted by Crippen LogP contribution is -2.09. The number of hydrogen-bond acceptors (Lipinski definition) is 0. The molecule has 0 heterocycles. The van der Waals surface area contributed by atoms with Crippen LogP contribution >= 0.6 is 0 Å². The molecule has 0 aliphatic rings. The predicted molar refractivity (Wildman–Crippen MR) is 42.0 cm³/mol. The maximum atomic E-state index is 3.72. The smallest absolute Gasteiger partial charge is 0.206 e. The lowest BCUT2D eigenvalue weighted by atomic mass is 10.4. The fourth-order valence-electron chi connectivity index (χ4n) is 0.781. The largest absolute Gasteiger partial charge is 0.438 e. The molecule has 0 saturated carbocycles. The van der Waals surface area contributed by atoms with Crippen LogP contribution in [0.4, 0.5) is 0 Å². The van der Waals surface area contributed by atoms with Crippen molar-refractivity contribution >= 4 is 24.1 Å². The molecular weight excluding hydrogens is 120 g/mol. The molecule has 0 aliphatic heterocycles. The van der Waals surface area contributed by atoms with Crippen LogP contribution in [0, 0.1) is 0 Å². The summed E-state index contributed by atoms with van der Waals surface area (Å²) in [4.78, 5) is 0. The van der Waals surface area contributed by atoms with E-state index in [2.05, 4.69) is 35.0 Å². The molecule has 0 bridgehead atoms. The zero-order valence-corrected chi connectivity index (χ0v) is 6.79. The first-order chi connectivity index (χ1) is 4.43. The summed E-state index contributed by atoms with van der Waals surface area (Å²) in [5.41, 5.74) is 0. The molecule has 0 atom stereocenters. The molecule has 0 nitrogen and oxygen atoms in total. The third kappa shape index (κ3) is 2.20. The summed E-state index contributed by atoms with van der Waals surface area (Å²) in [6.45, 7) is 3.72. The van der Waals surface area contributed by atoms with Crippen molar-refractivity contribution in [2.24, 2.45) is 0 Å². The average Bonchev–Trinajstić information content (AvgIpc) is 1.91. The van der Waals surface area contributed by atoms with Crippen LogP contribution in [0.5, 0.6) is 0 Å². The van der Waals surface area contributed by atoms with Gasteiger partial charge in [-0.2, -0.15) is 3.69 Å². The van der Waals surface area contributed by atoms with E-state index < -0.39 is 0 Å². The van der Waals surface area contributed by atoms with E-state index in [1.807, 2.05) is 6.07 Å². The fraction of sp³-hybridized carbons (Fsp3) is 0. The predicted octanol–water partition coefficient (Wildman–Crippen LogP) is 1.16. The van der Waals surface area contributed by atoms with Gasteiger partial charge in [0.2, 0.25) is 0 Å². The second-order valence-corrected chi connectivity index (χ2v) is 3.78. The Balaban J connectivity index is 2.72. The van der Waals surface area contributed by atoms with Gasteiger partial charge in [0, 0.05) is 0 Å². The lowest BCUT2D eigenvalue weighted by Gasteiger charge is -1.89. The molecule has 1 rings (SSSR count). The van der Waals surface area contributed by atoms with Crippen LogP contribution in [0.15, 0.2) is 41.1 Å². The highest BCUT2D eigenvalue weighted by Gasteiger charge is 1.88. The summed E-state index contributed by atoms with van der Waals surface area (Å²) in [6.07, 6.45) is 0. The highest BCUT2D eigenvalue weighted by atomic mass is 24.5. The number of hydrogen-bond donors (Lipinski definition) is 0. The van der Waals surface area contributed by atoms with E-state index >= 15 is 0 Å². The van der Waals surface area contributed by atoms with Crippen molar-refractivity contribution in [3.63, 3.8) is 0 Å². The van der Waals surface area contributed by atoms with Gasteiger partial charge in [-0.25, -0.2) is 4.21 Å². The van der Waals surface area contributed by atoms with Gasteiger partial charge in [-0.3, -0.25) is 0 Å². The minimum absolute atomic E-state index is 0.137. The Morgan fingerprint density at radius 3 is 2.44 bits per heavy atom. The van der Waals surface area contributed by atoms with Crippen molar-refractivity contribution in [2.75, 3.05) is 0 Å². The Morgan fingerprint density at radius 1 is 1.22 bits per heavy atom. The molecule has 0 radical (unpaired) electrons. The van der Waals surface area contributed by atoms with Crippen molar-refractivity contribution in [1.82, 2.24) is 0 Å². The molecule has 0 fully saturated rings. The van der Waals surface area contributed by atoms with Crippen molar-refractivity contribution in [3.8, 4) is 0 Å². The van der Waals surface area contributed by atoms with Crippen LogP contribution in [-0.2, 0) is 0 Å². The molecule has 1 aromatic rings. The van der Waals surface area contributed by atoms with Crippen LogP contribution in [0.2, 0.25) is 0 Å². The molecule has 0 unspecified atom stereocenters. The van der Waals surface area contributed by atoms with Crippen LogP contribution in [0.25, 0.3) is 0 Å². The molecule has 1 heteroatoms. The molecule has 0 amide bonds. The van der Waals surface area contributed by atoms with Crippen LogP contribution in [-0.4, -0.2) is 20.4 Å². The first-order valence-corrected chi connectivity index (χ1v) is 4.60. The summed E-state index contributed by atoms with van der Waals surface area (Å²) < 4.78 is 3.52. The summed E-state index contributed by atoms with van der Waals surface area (Å²) in [5.74, 6) is 0. The molecule has 0 spiro atoms. The van der Waals surface area contributed by atoms with Gasteiger partial charge in [0.25, 0.3) is 0 Å². The van der Waals surface area contributed by atoms with Gasteiger partial charge in [-0.1, -0.05) is 30.3 Å². The molecule has 0 aliphatic carbocycles. The van der Waals surface area contributed by atoms with Gasteiger partial charge in [0.15, 0.2) is 0 Å². The van der Waals surface area contributed by atoms with Gasteiger partial charge in [-0.05, 0) is 0 Å². The zero-order valence-electron chi connectivity index (χ0n) is 5.38. The first kappa shape index (κ1) is 6.84. The zero-order chi connectivity index (χ0) is 6.53. The van der Waals surface area contributed by atoms with Crippen molar-refractivity contribution in [3.05, 3.63) is 41.1 Å². The Kier molecular flexibility index (Phi) is 2.81. The second kappa shape index (κ2) is 3.70. The van der Waals surface area contributed by atoms with Gasteiger partial charge >= 0.3 is 20.4 Å². The lowest BCUT2D eigenvalue weighted by molar-refractivity contribution is 1.77. The van der Waals surface area contributed by atoms with E-state index in [-0.39, 0.29) is 20.4 Å². The van der Waals surface area contributed by atoms with E-state index in [1.165, 1.54) is 3.69 Å². The standard InChI is InChI=1S/C6H5.C2H3.Mg/c1-2-4-6-5-3-1;1-2;/h1-5H;1H,2H2;. The van der Waals surface area contributed by atoms with E-state index in [0.29, 0.717) is 0 Å². The van der Waals surface area contributed by atoms with E-state index in [9.17, 15) is 0 Å². The van der Waals surface area contributed by atoms with Crippen LogP contribution < -0.4 is 3.69 Å². The maximum absolute atomic E-state index is 3.72. The van der Waals surface area contributed by atoms with Gasteiger partial charge in [0.05, 0.1) is 0 Å². The third-order valence-electron chi connectivity index (χ3n) is 1.22. The molecule has 0 N–H and O–H groups in total. The Morgan fingerprint density at radius 2 is 1.89 bits per heavy atom. The first-order valence-electron chi connectivity index (χ1n) is 3.08. The monoisotopic (exact) mass is 128 g/mol. The van der Waals surface area contributed by atoms with Gasteiger partial charge in [0.1, 0.15) is 0 Å². The molecule has 1 aromatic carbocycles. The fourth-order valence-corrected chi connectivity index (χ4v) is 1.66. The molecule has 9 heavy (non-hydrogen) atoms. The summed E-state index contributed by atoms with van der Waals surface area (Å²) >= 11 is -0.137. The Bertz CT molecular complexity index is 179. The van der Waals surface area contributed by atoms with Gasteiger partial charge < -0.3 is 0 Å².